The Kier molecular flexibility index (Phi) is 4.53. The van der Waals surface area contributed by atoms with Crippen molar-refractivity contribution in [3.8, 4) is 0 Å². The summed E-state index contributed by atoms with van der Waals surface area (Å²) in [5.74, 6) is -0.504. The van der Waals surface area contributed by atoms with Crippen molar-refractivity contribution in [2.45, 2.75) is 13.8 Å². The van der Waals surface area contributed by atoms with Crippen LogP contribution < -0.4 is 11.5 Å². The molecule has 0 fully saturated rings. The molecule has 0 rings (SSSR count). The Morgan fingerprint density at radius 3 is 2.17 bits per heavy atom. The molecule has 0 unspecified atom stereocenters. The van der Waals surface area contributed by atoms with Gasteiger partial charge in [0.2, 0.25) is 5.91 Å². The summed E-state index contributed by atoms with van der Waals surface area (Å²) in [6.07, 6.45) is 6.81. The molecule has 0 saturated heterocycles. The minimum Gasteiger partial charge on any atom is -0.398 e. The molecule has 0 aliphatic heterocycles. The lowest BCUT2D eigenvalue weighted by Gasteiger charge is -2.00. The van der Waals surface area contributed by atoms with Crippen LogP contribution >= 0.6 is 0 Å². The van der Waals surface area contributed by atoms with Gasteiger partial charge >= 0.3 is 0 Å². The van der Waals surface area contributed by atoms with Gasteiger partial charge in [0.05, 0.1) is 5.57 Å². The van der Waals surface area contributed by atoms with Crippen LogP contribution in [0.1, 0.15) is 13.8 Å². The predicted octanol–water partition coefficient (Wildman–Crippen LogP) is 0.837. The van der Waals surface area contributed by atoms with E-state index in [1.54, 1.807) is 25.2 Å². The zero-order valence-electron chi connectivity index (χ0n) is 7.37. The Morgan fingerprint density at radius 2 is 1.83 bits per heavy atom. The maximum absolute atomic E-state index is 10.7. The average molecular weight is 166 g/mol. The van der Waals surface area contributed by atoms with E-state index in [0.717, 1.165) is 0 Å². The fourth-order valence-corrected chi connectivity index (χ4v) is 0.741. The summed E-state index contributed by atoms with van der Waals surface area (Å²) >= 11 is 0. The molecule has 0 heterocycles. The van der Waals surface area contributed by atoms with Gasteiger partial charge < -0.3 is 11.5 Å². The van der Waals surface area contributed by atoms with Crippen molar-refractivity contribution >= 4 is 5.91 Å². The van der Waals surface area contributed by atoms with Crippen molar-refractivity contribution in [3.05, 3.63) is 35.6 Å². The lowest BCUT2D eigenvalue weighted by molar-refractivity contribution is -0.114. The number of allylic oxidation sites excluding steroid dienone is 4. The molecule has 0 aromatic heterocycles. The topological polar surface area (TPSA) is 69.1 Å². The molecule has 4 N–H and O–H groups in total. The lowest BCUT2D eigenvalue weighted by Crippen LogP contribution is -2.18. The molecule has 0 spiro atoms. The number of amides is 1. The first-order valence-corrected chi connectivity index (χ1v) is 3.68. The van der Waals surface area contributed by atoms with E-state index in [1.807, 2.05) is 13.0 Å². The van der Waals surface area contributed by atoms with Crippen LogP contribution in [0.2, 0.25) is 0 Å². The summed E-state index contributed by atoms with van der Waals surface area (Å²) in [4.78, 5) is 10.7. The fourth-order valence-electron chi connectivity index (χ4n) is 0.741. The van der Waals surface area contributed by atoms with Gasteiger partial charge in [0, 0.05) is 5.70 Å². The number of rotatable bonds is 3. The van der Waals surface area contributed by atoms with E-state index < -0.39 is 5.91 Å². The van der Waals surface area contributed by atoms with Crippen LogP contribution in [0.5, 0.6) is 0 Å². The smallest absolute Gasteiger partial charge is 0.250 e. The Hall–Kier alpha value is -1.51. The van der Waals surface area contributed by atoms with Crippen LogP contribution in [0.4, 0.5) is 0 Å². The maximum Gasteiger partial charge on any atom is 0.250 e. The first kappa shape index (κ1) is 10.5. The molecule has 0 bridgehead atoms. The van der Waals surface area contributed by atoms with Gasteiger partial charge in [0.1, 0.15) is 0 Å². The number of carbonyl (C=O) groups is 1. The quantitative estimate of drug-likeness (QED) is 0.481. The number of hydrogen-bond acceptors (Lipinski definition) is 2. The molecular weight excluding hydrogens is 152 g/mol. The van der Waals surface area contributed by atoms with Crippen LogP contribution in [0, 0.1) is 0 Å². The van der Waals surface area contributed by atoms with Crippen LogP contribution in [0.3, 0.4) is 0 Å². The van der Waals surface area contributed by atoms with E-state index in [0.29, 0.717) is 11.3 Å². The molecule has 0 aromatic rings. The van der Waals surface area contributed by atoms with Crippen LogP contribution in [0.25, 0.3) is 0 Å². The highest BCUT2D eigenvalue weighted by atomic mass is 16.1. The van der Waals surface area contributed by atoms with E-state index in [9.17, 15) is 4.79 Å². The Labute approximate surface area is 72.4 Å². The van der Waals surface area contributed by atoms with E-state index in [4.69, 9.17) is 11.5 Å². The highest BCUT2D eigenvalue weighted by Gasteiger charge is 2.04. The van der Waals surface area contributed by atoms with E-state index in [1.165, 1.54) is 0 Å². The molecule has 1 amide bonds. The van der Waals surface area contributed by atoms with Gasteiger partial charge in [0.15, 0.2) is 0 Å². The monoisotopic (exact) mass is 166 g/mol. The molecule has 0 saturated carbocycles. The number of primary amides is 1. The van der Waals surface area contributed by atoms with Gasteiger partial charge in [-0.25, -0.2) is 0 Å². The van der Waals surface area contributed by atoms with Gasteiger partial charge in [-0.05, 0) is 19.9 Å². The van der Waals surface area contributed by atoms with Crippen molar-refractivity contribution in [1.29, 1.82) is 0 Å². The third-order valence-corrected chi connectivity index (χ3v) is 1.33. The molecule has 0 radical (unpaired) electrons. The van der Waals surface area contributed by atoms with Crippen molar-refractivity contribution < 1.29 is 4.79 Å². The molecule has 0 aliphatic rings. The first-order chi connectivity index (χ1) is 5.63. The largest absolute Gasteiger partial charge is 0.398 e. The summed E-state index contributed by atoms with van der Waals surface area (Å²) < 4.78 is 0. The molecule has 12 heavy (non-hydrogen) atoms. The lowest BCUT2D eigenvalue weighted by atomic mass is 10.1. The van der Waals surface area contributed by atoms with Gasteiger partial charge in [-0.1, -0.05) is 18.2 Å². The van der Waals surface area contributed by atoms with Gasteiger partial charge in [-0.15, -0.1) is 0 Å². The maximum atomic E-state index is 10.7. The second-order valence-electron chi connectivity index (χ2n) is 2.21. The number of hydrogen-bond donors (Lipinski definition) is 2. The minimum atomic E-state index is -0.504. The second kappa shape index (κ2) is 5.18. The van der Waals surface area contributed by atoms with E-state index in [-0.39, 0.29) is 0 Å². The second-order valence-corrected chi connectivity index (χ2v) is 2.21. The summed E-state index contributed by atoms with van der Waals surface area (Å²) in [6, 6.07) is 0. The van der Waals surface area contributed by atoms with Gasteiger partial charge in [0.25, 0.3) is 0 Å². The highest BCUT2D eigenvalue weighted by Crippen LogP contribution is 2.02. The minimum absolute atomic E-state index is 0.355. The van der Waals surface area contributed by atoms with E-state index in [2.05, 4.69) is 0 Å². The van der Waals surface area contributed by atoms with Crippen molar-refractivity contribution in [2.75, 3.05) is 0 Å². The third kappa shape index (κ3) is 3.05. The number of carbonyl (C=O) groups excluding carboxylic acids is 1. The SMILES string of the molecule is C\C=C/C=C(N)\C(=C/C)C(N)=O. The molecule has 0 aliphatic carbocycles. The van der Waals surface area contributed by atoms with Crippen molar-refractivity contribution in [3.63, 3.8) is 0 Å². The molecule has 0 atom stereocenters. The standard InChI is InChI=1S/C9H14N2O/c1-3-5-6-8(10)7(4-2)9(11)12/h3-6H,10H2,1-2H3,(H2,11,12)/b5-3-,7-4+,8-6+. The summed E-state index contributed by atoms with van der Waals surface area (Å²) in [7, 11) is 0. The van der Waals surface area contributed by atoms with Gasteiger partial charge in [-0.2, -0.15) is 0 Å². The Bertz CT molecular complexity index is 249. The third-order valence-electron chi connectivity index (χ3n) is 1.33. The van der Waals surface area contributed by atoms with E-state index >= 15 is 0 Å². The molecular formula is C9H14N2O. The Balaban J connectivity index is 4.66. The summed E-state index contributed by atoms with van der Waals surface area (Å²) in [6.45, 7) is 3.58. The van der Waals surface area contributed by atoms with Crippen LogP contribution in [0.15, 0.2) is 35.6 Å². The Morgan fingerprint density at radius 1 is 1.25 bits per heavy atom. The summed E-state index contributed by atoms with van der Waals surface area (Å²) in [5, 5.41) is 0. The molecule has 66 valence electrons. The number of nitrogens with two attached hydrogens (primary N) is 2. The zero-order valence-corrected chi connectivity index (χ0v) is 7.37. The molecule has 3 nitrogen and oxygen atoms in total. The van der Waals surface area contributed by atoms with Gasteiger partial charge in [-0.3, -0.25) is 4.79 Å². The molecule has 3 heteroatoms. The van der Waals surface area contributed by atoms with Crippen LogP contribution in [-0.4, -0.2) is 5.91 Å². The average Bonchev–Trinajstić information content (AvgIpc) is 2.01. The highest BCUT2D eigenvalue weighted by molar-refractivity contribution is 5.96. The zero-order chi connectivity index (χ0) is 9.56. The normalized spacial score (nSPS) is 13.8. The summed E-state index contributed by atoms with van der Waals surface area (Å²) in [5.41, 5.74) is 11.4. The first-order valence-electron chi connectivity index (χ1n) is 3.68. The molecule has 0 aromatic carbocycles. The predicted molar refractivity (Wildman–Crippen MR) is 50.0 cm³/mol. The fraction of sp³-hybridized carbons (Fsp3) is 0.222. The van der Waals surface area contributed by atoms with Crippen molar-refractivity contribution in [2.24, 2.45) is 11.5 Å². The van der Waals surface area contributed by atoms with Crippen molar-refractivity contribution in [1.82, 2.24) is 0 Å². The van der Waals surface area contributed by atoms with Crippen LogP contribution in [-0.2, 0) is 4.79 Å².